The maximum absolute atomic E-state index is 13.0. The molecule has 3 N–H and O–H groups in total. The molecule has 0 aliphatic rings. The summed E-state index contributed by atoms with van der Waals surface area (Å²) in [5, 5.41) is 14.0. The topological polar surface area (TPSA) is 105 Å². The summed E-state index contributed by atoms with van der Waals surface area (Å²) in [5.74, 6) is -0.187. The zero-order valence-electron chi connectivity index (χ0n) is 52.4. The van der Waals surface area contributed by atoms with Crippen LogP contribution < -0.4 is 5.32 Å². The SMILES string of the molecule is CCCCCCCCCCC/C=C\C/C=C\CCCCCCCCCCCCCCCCCCCC(=O)NC(COP(=O)(O)OCC[N+](C)(C)C)C(O)/C=C/CC/C=C/CC/C=C/CCCCCCCCCCCCCCC. The summed E-state index contributed by atoms with van der Waals surface area (Å²) < 4.78 is 23.8. The summed E-state index contributed by atoms with van der Waals surface area (Å²) in [5.41, 5.74) is 0. The highest BCUT2D eigenvalue weighted by Crippen LogP contribution is 2.43. The summed E-state index contributed by atoms with van der Waals surface area (Å²) >= 11 is 0. The third-order valence-corrected chi connectivity index (χ3v) is 16.2. The van der Waals surface area contributed by atoms with Crippen molar-refractivity contribution in [3.63, 3.8) is 0 Å². The number of carbonyl (C=O) groups excluding carboxylic acids is 1. The van der Waals surface area contributed by atoms with Crippen molar-refractivity contribution in [1.29, 1.82) is 0 Å². The Morgan fingerprint density at radius 1 is 0.436 bits per heavy atom. The van der Waals surface area contributed by atoms with Crippen molar-refractivity contribution in [2.75, 3.05) is 40.9 Å². The van der Waals surface area contributed by atoms with Crippen LogP contribution in [0.5, 0.6) is 0 Å². The molecule has 0 heterocycles. The molecule has 0 saturated heterocycles. The molecule has 3 atom stereocenters. The van der Waals surface area contributed by atoms with Gasteiger partial charge in [-0.3, -0.25) is 13.8 Å². The molecule has 0 aliphatic heterocycles. The molecule has 9 heteroatoms. The number of amides is 1. The first-order valence-electron chi connectivity index (χ1n) is 33.7. The molecule has 0 bridgehead atoms. The van der Waals surface area contributed by atoms with Gasteiger partial charge < -0.3 is 19.8 Å². The van der Waals surface area contributed by atoms with E-state index in [9.17, 15) is 19.4 Å². The van der Waals surface area contributed by atoms with Crippen LogP contribution in [0.15, 0.2) is 60.8 Å². The minimum atomic E-state index is -4.36. The van der Waals surface area contributed by atoms with E-state index in [0.717, 1.165) is 51.4 Å². The van der Waals surface area contributed by atoms with Crippen molar-refractivity contribution in [3.8, 4) is 0 Å². The largest absolute Gasteiger partial charge is 0.472 e. The highest BCUT2D eigenvalue weighted by Gasteiger charge is 2.28. The predicted octanol–water partition coefficient (Wildman–Crippen LogP) is 21.2. The van der Waals surface area contributed by atoms with Crippen molar-refractivity contribution in [2.24, 2.45) is 0 Å². The summed E-state index contributed by atoms with van der Waals surface area (Å²) in [6, 6.07) is -0.872. The summed E-state index contributed by atoms with van der Waals surface area (Å²) in [6.07, 6.45) is 82.2. The second-order valence-electron chi connectivity index (χ2n) is 24.2. The number of nitrogens with zero attached hydrogens (tertiary/aromatic N) is 1. The van der Waals surface area contributed by atoms with Crippen molar-refractivity contribution < 1.29 is 32.9 Å². The number of carbonyl (C=O) groups is 1. The number of quaternary nitrogens is 1. The van der Waals surface area contributed by atoms with Crippen molar-refractivity contribution >= 4 is 13.7 Å². The Balaban J connectivity index is 4.11. The van der Waals surface area contributed by atoms with E-state index in [1.54, 1.807) is 6.08 Å². The third kappa shape index (κ3) is 61.8. The number of likely N-dealkylation sites (N-methyl/N-ethyl adjacent to an activating group) is 1. The molecule has 0 aromatic carbocycles. The number of hydrogen-bond donors (Lipinski definition) is 3. The summed E-state index contributed by atoms with van der Waals surface area (Å²) in [4.78, 5) is 23.4. The number of phosphoric ester groups is 1. The normalized spacial score (nSPS) is 14.1. The number of aliphatic hydroxyl groups excluding tert-OH is 1. The molecule has 78 heavy (non-hydrogen) atoms. The van der Waals surface area contributed by atoms with Crippen LogP contribution in [0.2, 0.25) is 0 Å². The smallest absolute Gasteiger partial charge is 0.387 e. The third-order valence-electron chi connectivity index (χ3n) is 15.2. The molecule has 0 spiro atoms. The Labute approximate surface area is 485 Å². The van der Waals surface area contributed by atoms with Crippen molar-refractivity contribution in [1.82, 2.24) is 5.32 Å². The van der Waals surface area contributed by atoms with Crippen molar-refractivity contribution in [3.05, 3.63) is 60.8 Å². The average Bonchev–Trinajstić information content (AvgIpc) is 3.41. The minimum absolute atomic E-state index is 0.0531. The number of unbranched alkanes of at least 4 members (excludes halogenated alkanes) is 41. The van der Waals surface area contributed by atoms with Crippen LogP contribution in [0.1, 0.15) is 322 Å². The van der Waals surface area contributed by atoms with E-state index in [1.165, 1.54) is 250 Å². The first-order chi connectivity index (χ1) is 38.0. The molecule has 0 saturated carbocycles. The first kappa shape index (κ1) is 76.2. The van der Waals surface area contributed by atoms with Gasteiger partial charge in [0.15, 0.2) is 0 Å². The zero-order chi connectivity index (χ0) is 57.0. The second kappa shape index (κ2) is 59.8. The lowest BCUT2D eigenvalue weighted by molar-refractivity contribution is -0.870. The van der Waals surface area contributed by atoms with Gasteiger partial charge in [-0.15, -0.1) is 0 Å². The predicted molar refractivity (Wildman–Crippen MR) is 341 cm³/mol. The maximum atomic E-state index is 13.0. The molecule has 8 nitrogen and oxygen atoms in total. The number of allylic oxidation sites excluding steroid dienone is 9. The van der Waals surface area contributed by atoms with Gasteiger partial charge in [0, 0.05) is 6.42 Å². The van der Waals surface area contributed by atoms with E-state index in [4.69, 9.17) is 9.05 Å². The Kier molecular flexibility index (Phi) is 58.4. The maximum Gasteiger partial charge on any atom is 0.472 e. The number of rotatable bonds is 62. The van der Waals surface area contributed by atoms with E-state index >= 15 is 0 Å². The van der Waals surface area contributed by atoms with Crippen LogP contribution in [-0.4, -0.2) is 73.4 Å². The molecule has 1 amide bonds. The Hall–Kier alpha value is -1.80. The molecule has 0 fully saturated rings. The Morgan fingerprint density at radius 3 is 1.10 bits per heavy atom. The van der Waals surface area contributed by atoms with Gasteiger partial charge in [-0.1, -0.05) is 299 Å². The molecule has 0 aromatic heterocycles. The zero-order valence-corrected chi connectivity index (χ0v) is 53.3. The molecular formula is C69H132N2O6P+. The van der Waals surface area contributed by atoms with E-state index in [-0.39, 0.29) is 19.1 Å². The highest BCUT2D eigenvalue weighted by atomic mass is 31.2. The molecule has 0 radical (unpaired) electrons. The van der Waals surface area contributed by atoms with Gasteiger partial charge in [-0.05, 0) is 77.0 Å². The van der Waals surface area contributed by atoms with Gasteiger partial charge in [0.2, 0.25) is 5.91 Å². The van der Waals surface area contributed by atoms with E-state index in [2.05, 4.69) is 67.8 Å². The van der Waals surface area contributed by atoms with Gasteiger partial charge >= 0.3 is 7.82 Å². The van der Waals surface area contributed by atoms with Gasteiger partial charge in [0.25, 0.3) is 0 Å². The van der Waals surface area contributed by atoms with Gasteiger partial charge in [-0.25, -0.2) is 4.57 Å². The standard InChI is InChI=1S/C69H131N2O6P/c1-6-8-10-12-14-16-18-20-22-24-26-28-30-31-32-33-34-35-36-37-38-39-41-43-45-47-49-51-53-55-57-59-61-63-69(73)70-67(66-77-78(74,75)76-65-64-71(3,4)5)68(72)62-60-58-56-54-52-50-48-46-44-42-40-29-27-25-23-21-19-17-15-13-11-9-7-2/h26,28,31-32,44,46,52,54,60,62,67-68,72H,6-25,27,29-30,33-43,45,47-51,53,55-59,61,63-66H2,1-5H3,(H-,70,73,74,75)/p+1/b28-26-,32-31-,46-44+,54-52+,62-60+. The number of hydrogen-bond acceptors (Lipinski definition) is 5. The first-order valence-corrected chi connectivity index (χ1v) is 35.2. The fraction of sp³-hybridized carbons (Fsp3) is 0.841. The van der Waals surface area contributed by atoms with Crippen LogP contribution in [0, 0.1) is 0 Å². The van der Waals surface area contributed by atoms with Gasteiger partial charge in [0.05, 0.1) is 39.9 Å². The molecule has 0 rings (SSSR count). The summed E-state index contributed by atoms with van der Waals surface area (Å²) in [7, 11) is 1.55. The molecule has 3 unspecified atom stereocenters. The Morgan fingerprint density at radius 2 is 0.744 bits per heavy atom. The number of nitrogens with one attached hydrogen (secondary N) is 1. The van der Waals surface area contributed by atoms with Crippen LogP contribution in [-0.2, 0) is 18.4 Å². The fourth-order valence-corrected chi connectivity index (χ4v) is 10.7. The fourth-order valence-electron chi connectivity index (χ4n) is 9.93. The monoisotopic (exact) mass is 1120 g/mol. The quantitative estimate of drug-likeness (QED) is 0.0243. The highest BCUT2D eigenvalue weighted by molar-refractivity contribution is 7.47. The lowest BCUT2D eigenvalue weighted by Crippen LogP contribution is -2.45. The van der Waals surface area contributed by atoms with Crippen LogP contribution in [0.4, 0.5) is 0 Å². The lowest BCUT2D eigenvalue weighted by atomic mass is 10.0. The lowest BCUT2D eigenvalue weighted by Gasteiger charge is -2.25. The van der Waals surface area contributed by atoms with E-state index in [1.807, 2.05) is 27.2 Å². The minimum Gasteiger partial charge on any atom is -0.387 e. The molecule has 458 valence electrons. The van der Waals surface area contributed by atoms with Crippen LogP contribution >= 0.6 is 7.82 Å². The summed E-state index contributed by atoms with van der Waals surface area (Å²) in [6.45, 7) is 4.82. The number of phosphoric acid groups is 1. The van der Waals surface area contributed by atoms with Crippen LogP contribution in [0.25, 0.3) is 0 Å². The van der Waals surface area contributed by atoms with Crippen molar-refractivity contribution in [2.45, 2.75) is 334 Å². The Bertz CT molecular complexity index is 1450. The van der Waals surface area contributed by atoms with Gasteiger partial charge in [-0.2, -0.15) is 0 Å². The molecule has 0 aromatic rings. The number of aliphatic hydroxyl groups is 1. The average molecular weight is 1120 g/mol. The van der Waals surface area contributed by atoms with Gasteiger partial charge in [0.1, 0.15) is 13.2 Å². The molecule has 0 aliphatic carbocycles. The van der Waals surface area contributed by atoms with E-state index in [0.29, 0.717) is 17.4 Å². The van der Waals surface area contributed by atoms with E-state index < -0.39 is 20.0 Å². The second-order valence-corrected chi connectivity index (χ2v) is 25.6. The van der Waals surface area contributed by atoms with Crippen LogP contribution in [0.3, 0.4) is 0 Å². The molecular weight excluding hydrogens is 984 g/mol.